The number of para-hydroxylation sites is 1. The molecule has 0 spiro atoms. The number of hydrogen-bond acceptors (Lipinski definition) is 4. The number of nitrogens with zero attached hydrogens (tertiary/aromatic N) is 3. The monoisotopic (exact) mass is 511 g/mol. The van der Waals surface area contributed by atoms with Crippen molar-refractivity contribution in [3.63, 3.8) is 0 Å². The van der Waals surface area contributed by atoms with Gasteiger partial charge >= 0.3 is 0 Å². The number of nitrogens with one attached hydrogen (secondary N) is 2. The van der Waals surface area contributed by atoms with Crippen molar-refractivity contribution < 1.29 is 9.53 Å². The van der Waals surface area contributed by atoms with Crippen LogP contribution in [-0.4, -0.2) is 27.7 Å². The predicted molar refractivity (Wildman–Crippen MR) is 150 cm³/mol. The van der Waals surface area contributed by atoms with Crippen LogP contribution >= 0.6 is 12.2 Å². The van der Waals surface area contributed by atoms with E-state index in [-0.39, 0.29) is 18.0 Å². The second-order valence-electron chi connectivity index (χ2n) is 8.87. The summed E-state index contributed by atoms with van der Waals surface area (Å²) in [6, 6.07) is 23.8. The molecule has 1 saturated heterocycles. The van der Waals surface area contributed by atoms with Gasteiger partial charge in [-0.15, -0.1) is 0 Å². The van der Waals surface area contributed by atoms with Crippen molar-refractivity contribution in [2.75, 3.05) is 17.3 Å². The SMILES string of the molecule is CCC(=O)Nc1ccc(N2C(=S)NC(c3ccccn3)C2c2cccn2-c2ccccc2C)cc1OC. The number of pyridine rings is 1. The molecule has 4 aromatic rings. The van der Waals surface area contributed by atoms with E-state index in [4.69, 9.17) is 17.0 Å². The lowest BCUT2D eigenvalue weighted by Gasteiger charge is -2.29. The number of methoxy groups -OCH3 is 1. The molecule has 1 aliphatic heterocycles. The van der Waals surface area contributed by atoms with Crippen molar-refractivity contribution in [2.45, 2.75) is 32.4 Å². The van der Waals surface area contributed by atoms with Crippen LogP contribution in [0.25, 0.3) is 5.69 Å². The van der Waals surface area contributed by atoms with Crippen molar-refractivity contribution in [3.8, 4) is 11.4 Å². The van der Waals surface area contributed by atoms with Crippen LogP contribution in [0.2, 0.25) is 0 Å². The summed E-state index contributed by atoms with van der Waals surface area (Å²) >= 11 is 5.90. The molecule has 37 heavy (non-hydrogen) atoms. The maximum Gasteiger partial charge on any atom is 0.224 e. The average molecular weight is 512 g/mol. The minimum Gasteiger partial charge on any atom is -0.494 e. The summed E-state index contributed by atoms with van der Waals surface area (Å²) in [5, 5.41) is 7.01. The second-order valence-corrected chi connectivity index (χ2v) is 9.26. The number of aromatic nitrogens is 2. The number of carbonyl (C=O) groups excluding carboxylic acids is 1. The Morgan fingerprint density at radius 2 is 1.92 bits per heavy atom. The highest BCUT2D eigenvalue weighted by atomic mass is 32.1. The largest absolute Gasteiger partial charge is 0.494 e. The molecule has 2 atom stereocenters. The van der Waals surface area contributed by atoms with E-state index in [0.717, 1.165) is 22.8 Å². The van der Waals surface area contributed by atoms with Gasteiger partial charge in [0.15, 0.2) is 5.11 Å². The lowest BCUT2D eigenvalue weighted by Crippen LogP contribution is -2.30. The second kappa shape index (κ2) is 10.4. The number of hydrogen-bond donors (Lipinski definition) is 2. The Morgan fingerprint density at radius 3 is 2.65 bits per heavy atom. The Labute approximate surface area is 222 Å². The van der Waals surface area contributed by atoms with Gasteiger partial charge in [0.1, 0.15) is 11.8 Å². The molecule has 0 radical (unpaired) electrons. The van der Waals surface area contributed by atoms with Crippen LogP contribution in [0.15, 0.2) is 85.2 Å². The minimum atomic E-state index is -0.196. The normalized spacial score (nSPS) is 16.9. The Hall–Kier alpha value is -4.17. The van der Waals surface area contributed by atoms with Crippen molar-refractivity contribution >= 4 is 34.6 Å². The molecule has 0 bridgehead atoms. The number of rotatable bonds is 7. The molecule has 1 aliphatic rings. The highest BCUT2D eigenvalue weighted by Gasteiger charge is 2.42. The Balaban J connectivity index is 1.64. The lowest BCUT2D eigenvalue weighted by molar-refractivity contribution is -0.115. The zero-order valence-corrected chi connectivity index (χ0v) is 21.8. The van der Waals surface area contributed by atoms with Gasteiger partial charge in [-0.1, -0.05) is 31.2 Å². The van der Waals surface area contributed by atoms with Gasteiger partial charge < -0.3 is 24.8 Å². The van der Waals surface area contributed by atoms with Gasteiger partial charge in [-0.3, -0.25) is 9.78 Å². The van der Waals surface area contributed by atoms with E-state index in [1.54, 1.807) is 13.3 Å². The van der Waals surface area contributed by atoms with Crippen molar-refractivity contribution in [2.24, 2.45) is 0 Å². The number of anilines is 2. The Bertz CT molecular complexity index is 1440. The number of aryl methyl sites for hydroxylation is 1. The van der Waals surface area contributed by atoms with Gasteiger partial charge in [0, 0.05) is 41.9 Å². The molecule has 2 aromatic carbocycles. The van der Waals surface area contributed by atoms with Crippen LogP contribution in [0.1, 0.15) is 42.4 Å². The fourth-order valence-corrected chi connectivity index (χ4v) is 5.14. The first-order valence-corrected chi connectivity index (χ1v) is 12.6. The third-order valence-electron chi connectivity index (χ3n) is 6.61. The Kier molecular flexibility index (Phi) is 6.92. The van der Waals surface area contributed by atoms with Gasteiger partial charge in [-0.2, -0.15) is 0 Å². The van der Waals surface area contributed by atoms with Gasteiger partial charge in [0.2, 0.25) is 5.91 Å². The van der Waals surface area contributed by atoms with Crippen LogP contribution in [0, 0.1) is 6.92 Å². The summed E-state index contributed by atoms with van der Waals surface area (Å²) in [5.74, 6) is 0.491. The van der Waals surface area contributed by atoms with Crippen LogP contribution in [0.4, 0.5) is 11.4 Å². The molecule has 5 rings (SSSR count). The maximum absolute atomic E-state index is 12.0. The summed E-state index contributed by atoms with van der Waals surface area (Å²) in [6.45, 7) is 3.93. The van der Waals surface area contributed by atoms with Crippen LogP contribution < -0.4 is 20.3 Å². The number of amides is 1. The van der Waals surface area contributed by atoms with Gasteiger partial charge in [0.05, 0.1) is 24.5 Å². The number of benzene rings is 2. The lowest BCUT2D eigenvalue weighted by atomic mass is 10.0. The van der Waals surface area contributed by atoms with Gasteiger partial charge in [0.25, 0.3) is 0 Å². The molecule has 8 heteroatoms. The van der Waals surface area contributed by atoms with E-state index in [1.165, 1.54) is 5.56 Å². The summed E-state index contributed by atoms with van der Waals surface area (Å²) in [5.41, 5.74) is 5.72. The molecular weight excluding hydrogens is 482 g/mol. The molecular formula is C29H29N5O2S. The molecule has 2 N–H and O–H groups in total. The topological polar surface area (TPSA) is 71.4 Å². The fourth-order valence-electron chi connectivity index (χ4n) is 4.79. The van der Waals surface area contributed by atoms with Crippen molar-refractivity contribution in [1.29, 1.82) is 0 Å². The zero-order chi connectivity index (χ0) is 25.9. The number of thiocarbonyl (C=S) groups is 1. The third-order valence-corrected chi connectivity index (χ3v) is 6.93. The van der Waals surface area contributed by atoms with Crippen molar-refractivity contribution in [3.05, 3.63) is 102 Å². The van der Waals surface area contributed by atoms with E-state index >= 15 is 0 Å². The summed E-state index contributed by atoms with van der Waals surface area (Å²) < 4.78 is 7.86. The molecule has 3 heterocycles. The molecule has 0 saturated carbocycles. The van der Waals surface area contributed by atoms with Gasteiger partial charge in [-0.25, -0.2) is 0 Å². The smallest absolute Gasteiger partial charge is 0.224 e. The van der Waals surface area contributed by atoms with Gasteiger partial charge in [-0.05, 0) is 67.2 Å². The van der Waals surface area contributed by atoms with E-state index in [1.807, 2.05) is 55.5 Å². The third kappa shape index (κ3) is 4.68. The highest BCUT2D eigenvalue weighted by molar-refractivity contribution is 7.80. The van der Waals surface area contributed by atoms with Crippen LogP contribution in [0.3, 0.4) is 0 Å². The maximum atomic E-state index is 12.0. The molecule has 1 fully saturated rings. The van der Waals surface area contributed by atoms with E-state index < -0.39 is 0 Å². The van der Waals surface area contributed by atoms with E-state index in [0.29, 0.717) is 23.0 Å². The first-order chi connectivity index (χ1) is 18.0. The molecule has 2 aromatic heterocycles. The average Bonchev–Trinajstić information content (AvgIpc) is 3.53. The summed E-state index contributed by atoms with van der Waals surface area (Å²) in [7, 11) is 1.60. The molecule has 1 amide bonds. The molecule has 188 valence electrons. The zero-order valence-electron chi connectivity index (χ0n) is 21.0. The van der Waals surface area contributed by atoms with Crippen molar-refractivity contribution in [1.82, 2.24) is 14.9 Å². The highest BCUT2D eigenvalue weighted by Crippen LogP contribution is 2.44. The molecule has 7 nitrogen and oxygen atoms in total. The van der Waals surface area contributed by atoms with E-state index in [2.05, 4.69) is 62.5 Å². The number of ether oxygens (including phenoxy) is 1. The van der Waals surface area contributed by atoms with Crippen LogP contribution in [0.5, 0.6) is 5.75 Å². The Morgan fingerprint density at radius 1 is 1.11 bits per heavy atom. The predicted octanol–water partition coefficient (Wildman–Crippen LogP) is 5.71. The first kappa shape index (κ1) is 24.5. The minimum absolute atomic E-state index is 0.0754. The summed E-state index contributed by atoms with van der Waals surface area (Å²) in [4.78, 5) is 18.8. The fraction of sp³-hybridized carbons (Fsp3) is 0.207. The quantitative estimate of drug-likeness (QED) is 0.310. The summed E-state index contributed by atoms with van der Waals surface area (Å²) in [6.07, 6.45) is 4.26. The standard InChI is InChI=1S/C29H29N5O2S/c1-4-26(35)31-21-15-14-20(18-25(21)36-3)34-28(27(32-29(34)37)22-11-7-8-16-30-22)24-13-9-17-33(24)23-12-6-5-10-19(23)2/h5-18,27-28H,4H2,1-3H3,(H,31,35)(H,32,37). The van der Waals surface area contributed by atoms with E-state index in [9.17, 15) is 4.79 Å². The first-order valence-electron chi connectivity index (χ1n) is 12.2. The molecule has 0 aliphatic carbocycles. The number of carbonyl (C=O) groups is 1. The van der Waals surface area contributed by atoms with Crippen LogP contribution in [-0.2, 0) is 4.79 Å². The molecule has 2 unspecified atom stereocenters.